The second-order valence-electron chi connectivity index (χ2n) is 4.95. The summed E-state index contributed by atoms with van der Waals surface area (Å²) < 4.78 is 0. The Labute approximate surface area is 118 Å². The van der Waals surface area contributed by atoms with E-state index in [9.17, 15) is 5.11 Å². The van der Waals surface area contributed by atoms with Crippen molar-refractivity contribution in [3.63, 3.8) is 0 Å². The Kier molecular flexibility index (Phi) is 5.89. The number of benzene rings is 1. The molecule has 1 rings (SSSR count). The Bertz CT molecular complexity index is 397. The molecular formula is C13H19Cl2NO2. The van der Waals surface area contributed by atoms with Gasteiger partial charge in [0.25, 0.3) is 0 Å². The molecule has 1 unspecified atom stereocenters. The maximum Gasteiger partial charge on any atom is 0.0802 e. The molecule has 3 nitrogen and oxygen atoms in total. The standard InChI is InChI=1S/C13H19Cl2NO2/c1-13(2,8-17)16-6-5-12(18)9-3-4-10(14)11(15)7-9/h3-4,7,12,16-18H,5-6,8H2,1-2H3. The molecule has 102 valence electrons. The molecule has 1 aromatic rings. The van der Waals surface area contributed by atoms with E-state index in [0.29, 0.717) is 23.0 Å². The lowest BCUT2D eigenvalue weighted by atomic mass is 10.0. The summed E-state index contributed by atoms with van der Waals surface area (Å²) in [6.45, 7) is 4.46. The van der Waals surface area contributed by atoms with E-state index in [0.717, 1.165) is 5.56 Å². The highest BCUT2D eigenvalue weighted by Crippen LogP contribution is 2.26. The van der Waals surface area contributed by atoms with Crippen LogP contribution in [0.3, 0.4) is 0 Å². The van der Waals surface area contributed by atoms with Crippen molar-refractivity contribution in [3.8, 4) is 0 Å². The van der Waals surface area contributed by atoms with E-state index in [4.69, 9.17) is 28.3 Å². The highest BCUT2D eigenvalue weighted by atomic mass is 35.5. The molecule has 3 N–H and O–H groups in total. The van der Waals surface area contributed by atoms with Crippen LogP contribution in [0.2, 0.25) is 10.0 Å². The van der Waals surface area contributed by atoms with Crippen molar-refractivity contribution >= 4 is 23.2 Å². The molecule has 1 aromatic carbocycles. The summed E-state index contributed by atoms with van der Waals surface area (Å²) in [5.74, 6) is 0. The van der Waals surface area contributed by atoms with Crippen molar-refractivity contribution < 1.29 is 10.2 Å². The van der Waals surface area contributed by atoms with E-state index >= 15 is 0 Å². The molecule has 0 fully saturated rings. The Balaban J connectivity index is 2.50. The Morgan fingerprint density at radius 3 is 2.50 bits per heavy atom. The molecular weight excluding hydrogens is 273 g/mol. The highest BCUT2D eigenvalue weighted by Gasteiger charge is 2.16. The van der Waals surface area contributed by atoms with Gasteiger partial charge >= 0.3 is 0 Å². The summed E-state index contributed by atoms with van der Waals surface area (Å²) in [4.78, 5) is 0. The quantitative estimate of drug-likeness (QED) is 0.755. The minimum absolute atomic E-state index is 0.0515. The SMILES string of the molecule is CC(C)(CO)NCCC(O)c1ccc(Cl)c(Cl)c1. The van der Waals surface area contributed by atoms with Crippen LogP contribution in [0.5, 0.6) is 0 Å². The molecule has 0 aliphatic rings. The lowest BCUT2D eigenvalue weighted by Crippen LogP contribution is -2.43. The summed E-state index contributed by atoms with van der Waals surface area (Å²) in [5, 5.41) is 23.2. The average molecular weight is 292 g/mol. The molecule has 1 atom stereocenters. The average Bonchev–Trinajstić information content (AvgIpc) is 2.32. The van der Waals surface area contributed by atoms with Crippen LogP contribution in [0, 0.1) is 0 Å². The van der Waals surface area contributed by atoms with Crippen LogP contribution < -0.4 is 5.32 Å². The van der Waals surface area contributed by atoms with Gasteiger partial charge in [-0.2, -0.15) is 0 Å². The Morgan fingerprint density at radius 2 is 1.94 bits per heavy atom. The fourth-order valence-electron chi connectivity index (χ4n) is 1.49. The van der Waals surface area contributed by atoms with Crippen LogP contribution in [0.25, 0.3) is 0 Å². The van der Waals surface area contributed by atoms with Gasteiger partial charge in [-0.05, 0) is 44.5 Å². The molecule has 0 aromatic heterocycles. The smallest absolute Gasteiger partial charge is 0.0802 e. The molecule has 5 heteroatoms. The molecule has 0 amide bonds. The van der Waals surface area contributed by atoms with Gasteiger partial charge in [-0.1, -0.05) is 29.3 Å². The molecule has 0 aliphatic carbocycles. The summed E-state index contributed by atoms with van der Waals surface area (Å²) >= 11 is 11.7. The predicted octanol–water partition coefficient (Wildman–Crippen LogP) is 2.78. The minimum atomic E-state index is -0.596. The lowest BCUT2D eigenvalue weighted by Gasteiger charge is -2.24. The third-order valence-electron chi connectivity index (χ3n) is 2.75. The molecule has 0 spiro atoms. The van der Waals surface area contributed by atoms with Crippen molar-refractivity contribution in [2.75, 3.05) is 13.2 Å². The number of halogens is 2. The number of aliphatic hydroxyl groups is 2. The third kappa shape index (κ3) is 4.75. The van der Waals surface area contributed by atoms with Gasteiger partial charge in [0.1, 0.15) is 0 Å². The Morgan fingerprint density at radius 1 is 1.28 bits per heavy atom. The zero-order valence-electron chi connectivity index (χ0n) is 10.6. The van der Waals surface area contributed by atoms with Crippen molar-refractivity contribution in [2.45, 2.75) is 31.9 Å². The first-order valence-electron chi connectivity index (χ1n) is 5.84. The van der Waals surface area contributed by atoms with E-state index in [1.165, 1.54) is 0 Å². The maximum atomic E-state index is 10.0. The normalized spacial score (nSPS) is 13.7. The summed E-state index contributed by atoms with van der Waals surface area (Å²) in [6.07, 6.45) is -0.0525. The first-order chi connectivity index (χ1) is 8.35. The van der Waals surface area contributed by atoms with Gasteiger partial charge in [0.05, 0.1) is 22.8 Å². The van der Waals surface area contributed by atoms with Crippen LogP contribution in [0.4, 0.5) is 0 Å². The highest BCUT2D eigenvalue weighted by molar-refractivity contribution is 6.42. The fourth-order valence-corrected chi connectivity index (χ4v) is 1.80. The van der Waals surface area contributed by atoms with Crippen LogP contribution >= 0.6 is 23.2 Å². The molecule has 0 heterocycles. The third-order valence-corrected chi connectivity index (χ3v) is 3.48. The first kappa shape index (κ1) is 15.7. The monoisotopic (exact) mass is 291 g/mol. The van der Waals surface area contributed by atoms with Crippen molar-refractivity contribution in [3.05, 3.63) is 33.8 Å². The summed E-state index contributed by atoms with van der Waals surface area (Å²) in [6, 6.07) is 5.11. The summed E-state index contributed by atoms with van der Waals surface area (Å²) in [5.41, 5.74) is 0.408. The van der Waals surface area contributed by atoms with Crippen molar-refractivity contribution in [2.24, 2.45) is 0 Å². The molecule has 0 aliphatic heterocycles. The second kappa shape index (κ2) is 6.73. The minimum Gasteiger partial charge on any atom is -0.394 e. The molecule has 0 saturated carbocycles. The van der Waals surface area contributed by atoms with Crippen LogP contribution in [-0.4, -0.2) is 28.9 Å². The van der Waals surface area contributed by atoms with Gasteiger partial charge in [0.2, 0.25) is 0 Å². The molecule has 0 radical (unpaired) electrons. The molecule has 18 heavy (non-hydrogen) atoms. The first-order valence-corrected chi connectivity index (χ1v) is 6.60. The zero-order valence-corrected chi connectivity index (χ0v) is 12.1. The number of nitrogens with one attached hydrogen (secondary N) is 1. The number of aliphatic hydroxyl groups excluding tert-OH is 2. The predicted molar refractivity (Wildman–Crippen MR) is 75.2 cm³/mol. The topological polar surface area (TPSA) is 52.5 Å². The van der Waals surface area contributed by atoms with E-state index < -0.39 is 6.10 Å². The number of hydrogen-bond acceptors (Lipinski definition) is 3. The number of hydrogen-bond donors (Lipinski definition) is 3. The van der Waals surface area contributed by atoms with Crippen molar-refractivity contribution in [1.29, 1.82) is 0 Å². The maximum absolute atomic E-state index is 10.0. The lowest BCUT2D eigenvalue weighted by molar-refractivity contribution is 0.150. The molecule has 0 bridgehead atoms. The van der Waals surface area contributed by atoms with Crippen molar-refractivity contribution in [1.82, 2.24) is 5.32 Å². The van der Waals surface area contributed by atoms with Gasteiger partial charge in [-0.25, -0.2) is 0 Å². The zero-order chi connectivity index (χ0) is 13.8. The van der Waals surface area contributed by atoms with Crippen LogP contribution in [0.1, 0.15) is 31.9 Å². The van der Waals surface area contributed by atoms with E-state index in [1.807, 2.05) is 13.8 Å². The van der Waals surface area contributed by atoms with Gasteiger partial charge in [0.15, 0.2) is 0 Å². The summed E-state index contributed by atoms with van der Waals surface area (Å²) in [7, 11) is 0. The fraction of sp³-hybridized carbons (Fsp3) is 0.538. The van der Waals surface area contributed by atoms with Gasteiger partial charge in [0, 0.05) is 5.54 Å². The molecule has 0 saturated heterocycles. The van der Waals surface area contributed by atoms with Crippen LogP contribution in [-0.2, 0) is 0 Å². The Hall–Kier alpha value is -0.320. The van der Waals surface area contributed by atoms with E-state index in [1.54, 1.807) is 18.2 Å². The van der Waals surface area contributed by atoms with Crippen LogP contribution in [0.15, 0.2) is 18.2 Å². The van der Waals surface area contributed by atoms with E-state index in [2.05, 4.69) is 5.32 Å². The largest absolute Gasteiger partial charge is 0.394 e. The van der Waals surface area contributed by atoms with Gasteiger partial charge in [-0.15, -0.1) is 0 Å². The number of rotatable bonds is 6. The van der Waals surface area contributed by atoms with Gasteiger partial charge < -0.3 is 15.5 Å². The van der Waals surface area contributed by atoms with Gasteiger partial charge in [-0.3, -0.25) is 0 Å². The van der Waals surface area contributed by atoms with E-state index in [-0.39, 0.29) is 12.1 Å². The second-order valence-corrected chi connectivity index (χ2v) is 5.76.